The first-order chi connectivity index (χ1) is 10.4. The van der Waals surface area contributed by atoms with Crippen LogP contribution >= 0.6 is 0 Å². The van der Waals surface area contributed by atoms with Crippen molar-refractivity contribution in [1.29, 1.82) is 0 Å². The van der Waals surface area contributed by atoms with E-state index in [0.29, 0.717) is 23.7 Å². The number of hydrogen-bond donors (Lipinski definition) is 1. The third-order valence-electron chi connectivity index (χ3n) is 4.19. The van der Waals surface area contributed by atoms with Crippen molar-refractivity contribution in [3.63, 3.8) is 0 Å². The highest BCUT2D eigenvalue weighted by Crippen LogP contribution is 2.35. The summed E-state index contributed by atoms with van der Waals surface area (Å²) >= 11 is 0. The molecule has 1 aliphatic heterocycles. The van der Waals surface area contributed by atoms with Gasteiger partial charge in [-0.2, -0.15) is 9.40 Å². The number of aromatic nitrogens is 4. The third kappa shape index (κ3) is 2.36. The van der Waals surface area contributed by atoms with Crippen molar-refractivity contribution in [1.82, 2.24) is 24.1 Å². The number of sulfonamides is 1. The monoisotopic (exact) mass is 323 g/mol. The second-order valence-electron chi connectivity index (χ2n) is 5.64. The number of imidazole rings is 1. The van der Waals surface area contributed by atoms with Gasteiger partial charge in [0.25, 0.3) is 0 Å². The van der Waals surface area contributed by atoms with Crippen LogP contribution in [0.25, 0.3) is 0 Å². The molecule has 22 heavy (non-hydrogen) atoms. The summed E-state index contributed by atoms with van der Waals surface area (Å²) in [6.07, 6.45) is 4.81. The number of H-pyrrole nitrogens is 1. The fourth-order valence-corrected chi connectivity index (χ4v) is 4.85. The van der Waals surface area contributed by atoms with Crippen LogP contribution in [0.5, 0.6) is 0 Å². The maximum Gasteiger partial charge on any atom is 0.247 e. The molecule has 2 aromatic heterocycles. The summed E-state index contributed by atoms with van der Waals surface area (Å²) in [5.41, 5.74) is 1.62. The summed E-state index contributed by atoms with van der Waals surface area (Å²) < 4.78 is 29.3. The maximum atomic E-state index is 13.0. The summed E-state index contributed by atoms with van der Waals surface area (Å²) in [5.74, 6) is 0.721. The first kappa shape index (κ1) is 15.2. The van der Waals surface area contributed by atoms with E-state index in [2.05, 4.69) is 15.1 Å². The van der Waals surface area contributed by atoms with Crippen LogP contribution in [0.1, 0.15) is 43.0 Å². The van der Waals surface area contributed by atoms with Gasteiger partial charge in [-0.25, -0.2) is 13.4 Å². The predicted octanol–water partition coefficient (Wildman–Crippen LogP) is 1.77. The predicted molar refractivity (Wildman–Crippen MR) is 81.8 cm³/mol. The van der Waals surface area contributed by atoms with E-state index in [1.807, 2.05) is 13.8 Å². The van der Waals surface area contributed by atoms with Crippen molar-refractivity contribution in [3.8, 4) is 0 Å². The molecule has 0 saturated carbocycles. The molecule has 7 nitrogen and oxygen atoms in total. The standard InChI is InChI=1S/C14H21N5O2S/c1-4-18-11(3)13(9-16-18)22(20,21)19-7-5-6-12(19)14-15-8-10(2)17-14/h8-9,12H,4-7H2,1-3H3,(H,15,17)/t12-/m0/s1. The lowest BCUT2D eigenvalue weighted by Gasteiger charge is -2.22. The van der Waals surface area contributed by atoms with E-state index in [0.717, 1.165) is 24.4 Å². The summed E-state index contributed by atoms with van der Waals surface area (Å²) in [6, 6.07) is -0.219. The van der Waals surface area contributed by atoms with Gasteiger partial charge >= 0.3 is 0 Å². The zero-order valence-corrected chi connectivity index (χ0v) is 13.9. The Morgan fingerprint density at radius 3 is 2.73 bits per heavy atom. The molecular formula is C14H21N5O2S. The molecule has 0 aliphatic carbocycles. The average molecular weight is 323 g/mol. The third-order valence-corrected chi connectivity index (χ3v) is 6.20. The van der Waals surface area contributed by atoms with Gasteiger partial charge < -0.3 is 4.98 Å². The minimum absolute atomic E-state index is 0.219. The molecule has 120 valence electrons. The van der Waals surface area contributed by atoms with Crippen molar-refractivity contribution in [2.24, 2.45) is 0 Å². The molecule has 0 amide bonds. The summed E-state index contributed by atoms with van der Waals surface area (Å²) in [6.45, 7) is 6.83. The van der Waals surface area contributed by atoms with Crippen molar-refractivity contribution >= 4 is 10.0 Å². The highest BCUT2D eigenvalue weighted by molar-refractivity contribution is 7.89. The Morgan fingerprint density at radius 1 is 1.36 bits per heavy atom. The average Bonchev–Trinajstić information content (AvgIpc) is 3.17. The van der Waals surface area contributed by atoms with E-state index < -0.39 is 10.0 Å². The highest BCUT2D eigenvalue weighted by Gasteiger charge is 2.39. The van der Waals surface area contributed by atoms with Crippen LogP contribution in [-0.2, 0) is 16.6 Å². The molecule has 0 bridgehead atoms. The Labute approximate surface area is 130 Å². The van der Waals surface area contributed by atoms with Gasteiger partial charge in [0, 0.05) is 25.0 Å². The number of nitrogens with zero attached hydrogens (tertiary/aromatic N) is 4. The Morgan fingerprint density at radius 2 is 2.14 bits per heavy atom. The van der Waals surface area contributed by atoms with E-state index in [9.17, 15) is 8.42 Å². The number of nitrogens with one attached hydrogen (secondary N) is 1. The van der Waals surface area contributed by atoms with Gasteiger partial charge in [-0.15, -0.1) is 0 Å². The number of rotatable bonds is 4. The normalized spacial score (nSPS) is 19.9. The molecule has 3 heterocycles. The van der Waals surface area contributed by atoms with Crippen molar-refractivity contribution < 1.29 is 8.42 Å². The van der Waals surface area contributed by atoms with E-state index in [-0.39, 0.29) is 6.04 Å². The maximum absolute atomic E-state index is 13.0. The van der Waals surface area contributed by atoms with Gasteiger partial charge in [0.15, 0.2) is 0 Å². The molecule has 8 heteroatoms. The topological polar surface area (TPSA) is 83.9 Å². The Bertz CT molecular complexity index is 777. The van der Waals surface area contributed by atoms with E-state index in [1.165, 1.54) is 6.20 Å². The van der Waals surface area contributed by atoms with Gasteiger partial charge in [0.2, 0.25) is 10.0 Å². The molecular weight excluding hydrogens is 302 g/mol. The second kappa shape index (κ2) is 5.51. The molecule has 1 saturated heterocycles. The Kier molecular flexibility index (Phi) is 3.82. The number of aryl methyl sites for hydroxylation is 2. The van der Waals surface area contributed by atoms with Crippen LogP contribution in [0.15, 0.2) is 17.3 Å². The van der Waals surface area contributed by atoms with E-state index >= 15 is 0 Å². The first-order valence-electron chi connectivity index (χ1n) is 7.51. The lowest BCUT2D eigenvalue weighted by Crippen LogP contribution is -2.31. The first-order valence-corrected chi connectivity index (χ1v) is 8.95. The molecule has 0 radical (unpaired) electrons. The van der Waals surface area contributed by atoms with Crippen LogP contribution in [0.2, 0.25) is 0 Å². The van der Waals surface area contributed by atoms with Crippen LogP contribution in [0.3, 0.4) is 0 Å². The smallest absolute Gasteiger partial charge is 0.247 e. The zero-order chi connectivity index (χ0) is 15.9. The lowest BCUT2D eigenvalue weighted by atomic mass is 10.2. The summed E-state index contributed by atoms with van der Waals surface area (Å²) in [7, 11) is -3.56. The summed E-state index contributed by atoms with van der Waals surface area (Å²) in [5, 5.41) is 4.16. The number of hydrogen-bond acceptors (Lipinski definition) is 4. The van der Waals surface area contributed by atoms with Gasteiger partial charge in [-0.3, -0.25) is 4.68 Å². The van der Waals surface area contributed by atoms with Crippen molar-refractivity contribution in [3.05, 3.63) is 29.6 Å². The minimum atomic E-state index is -3.56. The van der Waals surface area contributed by atoms with Crippen LogP contribution in [-0.4, -0.2) is 39.0 Å². The molecule has 1 aliphatic rings. The van der Waals surface area contributed by atoms with Crippen LogP contribution < -0.4 is 0 Å². The van der Waals surface area contributed by atoms with Gasteiger partial charge in [-0.05, 0) is 33.6 Å². The molecule has 1 N–H and O–H groups in total. The Hall–Kier alpha value is -1.67. The van der Waals surface area contributed by atoms with E-state index in [4.69, 9.17) is 0 Å². The quantitative estimate of drug-likeness (QED) is 0.929. The fraction of sp³-hybridized carbons (Fsp3) is 0.571. The SMILES string of the molecule is CCn1ncc(S(=O)(=O)N2CCC[C@H]2c2ncc(C)[nH]2)c1C. The van der Waals surface area contributed by atoms with Gasteiger partial charge in [0.1, 0.15) is 10.7 Å². The van der Waals surface area contributed by atoms with Crippen LogP contribution in [0.4, 0.5) is 0 Å². The second-order valence-corrected chi connectivity index (χ2v) is 7.49. The Balaban J connectivity index is 1.98. The molecule has 3 rings (SSSR count). The molecule has 0 spiro atoms. The zero-order valence-electron chi connectivity index (χ0n) is 13.1. The van der Waals surface area contributed by atoms with Gasteiger partial charge in [0.05, 0.1) is 17.9 Å². The van der Waals surface area contributed by atoms with Crippen LogP contribution in [0, 0.1) is 13.8 Å². The van der Waals surface area contributed by atoms with Crippen molar-refractivity contribution in [2.45, 2.75) is 51.1 Å². The fourth-order valence-electron chi connectivity index (χ4n) is 3.03. The molecule has 1 fully saturated rings. The summed E-state index contributed by atoms with van der Waals surface area (Å²) in [4.78, 5) is 7.78. The largest absolute Gasteiger partial charge is 0.345 e. The molecule has 1 atom stereocenters. The van der Waals surface area contributed by atoms with Crippen molar-refractivity contribution in [2.75, 3.05) is 6.54 Å². The molecule has 0 aromatic carbocycles. The van der Waals surface area contributed by atoms with Gasteiger partial charge in [-0.1, -0.05) is 0 Å². The van der Waals surface area contributed by atoms with E-state index in [1.54, 1.807) is 22.1 Å². The minimum Gasteiger partial charge on any atom is -0.345 e. The lowest BCUT2D eigenvalue weighted by molar-refractivity contribution is 0.384. The molecule has 2 aromatic rings. The number of aromatic amines is 1. The highest BCUT2D eigenvalue weighted by atomic mass is 32.2. The molecule has 0 unspecified atom stereocenters.